The first-order valence-electron chi connectivity index (χ1n) is 7.82. The number of benzene rings is 2. The average Bonchev–Trinajstić information content (AvgIpc) is 2.59. The van der Waals surface area contributed by atoms with E-state index < -0.39 is 0 Å². The molecule has 0 aromatic heterocycles. The summed E-state index contributed by atoms with van der Waals surface area (Å²) < 4.78 is 5.62. The van der Waals surface area contributed by atoms with Gasteiger partial charge in [-0.2, -0.15) is 0 Å². The number of nitrogens with two attached hydrogens (primary N) is 1. The summed E-state index contributed by atoms with van der Waals surface area (Å²) in [7, 11) is 0. The van der Waals surface area contributed by atoms with Crippen LogP contribution in [0.3, 0.4) is 0 Å². The molecule has 0 spiro atoms. The number of piperidine rings is 1. The van der Waals surface area contributed by atoms with Gasteiger partial charge in [-0.25, -0.2) is 0 Å². The Kier molecular flexibility index (Phi) is 4.46. The molecule has 2 N–H and O–H groups in total. The molecule has 0 aliphatic carbocycles. The predicted octanol–water partition coefficient (Wildman–Crippen LogP) is 1.94. The van der Waals surface area contributed by atoms with Crippen molar-refractivity contribution in [3.8, 4) is 5.75 Å². The van der Waals surface area contributed by atoms with Crippen LogP contribution in [0.15, 0.2) is 42.5 Å². The van der Waals surface area contributed by atoms with Gasteiger partial charge in [-0.3, -0.25) is 9.59 Å². The van der Waals surface area contributed by atoms with E-state index in [1.165, 1.54) is 0 Å². The number of rotatable bonds is 4. The Balaban J connectivity index is 1.60. The molecule has 1 aliphatic heterocycles. The molecule has 1 atom stereocenters. The molecule has 3 rings (SSSR count). The van der Waals surface area contributed by atoms with Gasteiger partial charge in [-0.1, -0.05) is 30.3 Å². The molecule has 1 unspecified atom stereocenters. The molecule has 120 valence electrons. The lowest BCUT2D eigenvalue weighted by molar-refractivity contribution is -0.136. The molecule has 1 heterocycles. The summed E-state index contributed by atoms with van der Waals surface area (Å²) in [5, 5.41) is 2.20. The third kappa shape index (κ3) is 3.62. The molecule has 2 aromatic rings. The largest absolute Gasteiger partial charge is 0.484 e. The minimum absolute atomic E-state index is 0.0240. The van der Waals surface area contributed by atoms with Crippen LogP contribution in [0.25, 0.3) is 10.8 Å². The van der Waals surface area contributed by atoms with Crippen molar-refractivity contribution in [2.75, 3.05) is 19.7 Å². The summed E-state index contributed by atoms with van der Waals surface area (Å²) >= 11 is 0. The van der Waals surface area contributed by atoms with E-state index in [0.29, 0.717) is 18.8 Å². The maximum atomic E-state index is 12.3. The van der Waals surface area contributed by atoms with Crippen molar-refractivity contribution in [2.24, 2.45) is 11.7 Å². The first-order valence-corrected chi connectivity index (χ1v) is 7.82. The highest BCUT2D eigenvalue weighted by Crippen LogP contribution is 2.21. The van der Waals surface area contributed by atoms with E-state index in [2.05, 4.69) is 0 Å². The van der Waals surface area contributed by atoms with Crippen molar-refractivity contribution in [1.82, 2.24) is 4.90 Å². The van der Waals surface area contributed by atoms with Crippen LogP contribution in [0.1, 0.15) is 12.8 Å². The van der Waals surface area contributed by atoms with Crippen molar-refractivity contribution in [2.45, 2.75) is 12.8 Å². The zero-order valence-corrected chi connectivity index (χ0v) is 12.9. The van der Waals surface area contributed by atoms with Crippen LogP contribution in [-0.4, -0.2) is 36.4 Å². The van der Waals surface area contributed by atoms with Gasteiger partial charge in [0.1, 0.15) is 5.75 Å². The Morgan fingerprint density at radius 3 is 2.74 bits per heavy atom. The molecule has 0 bridgehead atoms. The maximum Gasteiger partial charge on any atom is 0.260 e. The summed E-state index contributed by atoms with van der Waals surface area (Å²) in [5.74, 6) is -0.0177. The predicted molar refractivity (Wildman–Crippen MR) is 87.9 cm³/mol. The van der Waals surface area contributed by atoms with Crippen LogP contribution in [0.4, 0.5) is 0 Å². The second-order valence-electron chi connectivity index (χ2n) is 5.88. The van der Waals surface area contributed by atoms with E-state index in [1.54, 1.807) is 4.90 Å². The number of hydrogen-bond acceptors (Lipinski definition) is 3. The number of carbonyl (C=O) groups excluding carboxylic acids is 2. The molecule has 2 amide bonds. The molecular formula is C18H20N2O3. The molecule has 5 nitrogen and oxygen atoms in total. The lowest BCUT2D eigenvalue weighted by Gasteiger charge is -2.31. The number of fused-ring (bicyclic) bond motifs is 1. The molecule has 1 fully saturated rings. The summed E-state index contributed by atoms with van der Waals surface area (Å²) in [6, 6.07) is 13.7. The Hall–Kier alpha value is -2.56. The van der Waals surface area contributed by atoms with Gasteiger partial charge in [0.25, 0.3) is 5.91 Å². The van der Waals surface area contributed by atoms with Crippen LogP contribution < -0.4 is 10.5 Å². The quantitative estimate of drug-likeness (QED) is 0.937. The average molecular weight is 312 g/mol. The Bertz CT molecular complexity index is 729. The fourth-order valence-electron chi connectivity index (χ4n) is 2.93. The second-order valence-corrected chi connectivity index (χ2v) is 5.88. The van der Waals surface area contributed by atoms with Gasteiger partial charge < -0.3 is 15.4 Å². The molecule has 23 heavy (non-hydrogen) atoms. The van der Waals surface area contributed by atoms with Gasteiger partial charge >= 0.3 is 0 Å². The first kappa shape index (κ1) is 15.3. The van der Waals surface area contributed by atoms with E-state index in [4.69, 9.17) is 10.5 Å². The zero-order valence-electron chi connectivity index (χ0n) is 12.9. The molecule has 0 radical (unpaired) electrons. The van der Waals surface area contributed by atoms with Gasteiger partial charge in [0.15, 0.2) is 6.61 Å². The molecular weight excluding hydrogens is 292 g/mol. The normalized spacial score (nSPS) is 17.9. The van der Waals surface area contributed by atoms with Gasteiger partial charge in [0.05, 0.1) is 5.92 Å². The monoisotopic (exact) mass is 312 g/mol. The highest BCUT2D eigenvalue weighted by molar-refractivity contribution is 5.84. The Labute approximate surface area is 135 Å². The van der Waals surface area contributed by atoms with E-state index in [1.807, 2.05) is 42.5 Å². The van der Waals surface area contributed by atoms with Crippen LogP contribution in [0.5, 0.6) is 5.75 Å². The number of likely N-dealkylation sites (tertiary alicyclic amines) is 1. The van der Waals surface area contributed by atoms with Crippen LogP contribution >= 0.6 is 0 Å². The SMILES string of the molecule is NC(=O)C1CCCN(C(=O)COc2ccc3ccccc3c2)C1. The zero-order chi connectivity index (χ0) is 16.2. The number of primary amides is 1. The highest BCUT2D eigenvalue weighted by Gasteiger charge is 2.27. The van der Waals surface area contributed by atoms with Crippen LogP contribution in [-0.2, 0) is 9.59 Å². The number of carbonyl (C=O) groups is 2. The van der Waals surface area contributed by atoms with Crippen molar-refractivity contribution in [3.63, 3.8) is 0 Å². The smallest absolute Gasteiger partial charge is 0.260 e. The van der Waals surface area contributed by atoms with Gasteiger partial charge in [-0.05, 0) is 35.7 Å². The minimum Gasteiger partial charge on any atom is -0.484 e. The Morgan fingerprint density at radius 1 is 1.17 bits per heavy atom. The molecule has 1 aliphatic rings. The number of nitrogens with zero attached hydrogens (tertiary/aromatic N) is 1. The minimum atomic E-state index is -0.335. The standard InChI is InChI=1S/C18H20N2O3/c19-18(22)15-6-3-9-20(11-15)17(21)12-23-16-8-7-13-4-1-2-5-14(13)10-16/h1-2,4-5,7-8,10,15H,3,6,9,11-12H2,(H2,19,22). The third-order valence-electron chi connectivity index (χ3n) is 4.26. The van der Waals surface area contributed by atoms with Crippen LogP contribution in [0.2, 0.25) is 0 Å². The fraction of sp³-hybridized carbons (Fsp3) is 0.333. The third-order valence-corrected chi connectivity index (χ3v) is 4.26. The van der Waals surface area contributed by atoms with E-state index in [9.17, 15) is 9.59 Å². The summed E-state index contributed by atoms with van der Waals surface area (Å²) in [6.07, 6.45) is 1.56. The van der Waals surface area contributed by atoms with Crippen LogP contribution in [0, 0.1) is 5.92 Å². The topological polar surface area (TPSA) is 72.6 Å². The Morgan fingerprint density at radius 2 is 1.96 bits per heavy atom. The molecule has 5 heteroatoms. The van der Waals surface area contributed by atoms with Crippen molar-refractivity contribution in [3.05, 3.63) is 42.5 Å². The molecule has 0 saturated carbocycles. The van der Waals surface area contributed by atoms with Gasteiger partial charge in [0.2, 0.25) is 5.91 Å². The van der Waals surface area contributed by atoms with E-state index in [0.717, 1.165) is 23.6 Å². The second kappa shape index (κ2) is 6.69. The van der Waals surface area contributed by atoms with E-state index >= 15 is 0 Å². The van der Waals surface area contributed by atoms with E-state index in [-0.39, 0.29) is 24.3 Å². The van der Waals surface area contributed by atoms with Crippen molar-refractivity contribution >= 4 is 22.6 Å². The van der Waals surface area contributed by atoms with Crippen molar-refractivity contribution in [1.29, 1.82) is 0 Å². The van der Waals surface area contributed by atoms with Crippen molar-refractivity contribution < 1.29 is 14.3 Å². The number of ether oxygens (including phenoxy) is 1. The van der Waals surface area contributed by atoms with Gasteiger partial charge in [0, 0.05) is 13.1 Å². The molecule has 1 saturated heterocycles. The molecule has 2 aromatic carbocycles. The summed E-state index contributed by atoms with van der Waals surface area (Å²) in [6.45, 7) is 1.03. The summed E-state index contributed by atoms with van der Waals surface area (Å²) in [5.41, 5.74) is 5.34. The maximum absolute atomic E-state index is 12.3. The lowest BCUT2D eigenvalue weighted by atomic mass is 9.97. The lowest BCUT2D eigenvalue weighted by Crippen LogP contribution is -2.45. The fourth-order valence-corrected chi connectivity index (χ4v) is 2.93. The van der Waals surface area contributed by atoms with Gasteiger partial charge in [-0.15, -0.1) is 0 Å². The number of amides is 2. The highest BCUT2D eigenvalue weighted by atomic mass is 16.5. The number of hydrogen-bond donors (Lipinski definition) is 1. The first-order chi connectivity index (χ1) is 11.1. The summed E-state index contributed by atoms with van der Waals surface area (Å²) in [4.78, 5) is 25.2.